The Morgan fingerprint density at radius 2 is 1.76 bits per heavy atom. The number of hydrogen-bond acceptors (Lipinski definition) is 6. The highest BCUT2D eigenvalue weighted by Crippen LogP contribution is 2.48. The van der Waals surface area contributed by atoms with Gasteiger partial charge in [0.05, 0.1) is 11.8 Å². The van der Waals surface area contributed by atoms with Crippen LogP contribution >= 0.6 is 11.6 Å². The van der Waals surface area contributed by atoms with Crippen molar-refractivity contribution < 1.29 is 14.2 Å². The van der Waals surface area contributed by atoms with E-state index in [9.17, 15) is 0 Å². The number of halogens is 1. The van der Waals surface area contributed by atoms with E-state index in [-0.39, 0.29) is 19.1 Å². The third-order valence-corrected chi connectivity index (χ3v) is 5.68. The van der Waals surface area contributed by atoms with Crippen LogP contribution in [0.1, 0.15) is 35.4 Å². The molecule has 3 aliphatic heterocycles. The molecule has 0 unspecified atom stereocenters. The number of ether oxygens (including phenoxy) is 3. The first kappa shape index (κ1) is 16.7. The summed E-state index contributed by atoms with van der Waals surface area (Å²) in [4.78, 5) is 4.12. The highest BCUT2D eigenvalue weighted by molar-refractivity contribution is 6.30. The molecule has 0 fully saturated rings. The minimum atomic E-state index is -0.330. The SMILES string of the molecule is Clc1ccc2c(c1)[C@H]1CC(c3ccc4c(c3)OCO4)=NN1[C@@H](c1ccncc1)O2. The van der Waals surface area contributed by atoms with Crippen molar-refractivity contribution in [3.05, 3.63) is 82.6 Å². The Kier molecular flexibility index (Phi) is 3.67. The normalized spacial score (nSPS) is 21.3. The lowest BCUT2D eigenvalue weighted by molar-refractivity contribution is -0.0190. The molecule has 3 aromatic rings. The highest BCUT2D eigenvalue weighted by atomic mass is 35.5. The van der Waals surface area contributed by atoms with Gasteiger partial charge in [-0.3, -0.25) is 4.98 Å². The first-order valence-electron chi connectivity index (χ1n) is 9.38. The molecule has 6 nitrogen and oxygen atoms in total. The molecule has 2 atom stereocenters. The average molecular weight is 406 g/mol. The maximum atomic E-state index is 6.33. The van der Waals surface area contributed by atoms with E-state index in [1.165, 1.54) is 0 Å². The van der Waals surface area contributed by atoms with Crippen molar-refractivity contribution in [1.82, 2.24) is 9.99 Å². The minimum Gasteiger partial charge on any atom is -0.464 e. The van der Waals surface area contributed by atoms with Gasteiger partial charge < -0.3 is 14.2 Å². The Balaban J connectivity index is 1.44. The zero-order valence-electron chi connectivity index (χ0n) is 15.3. The van der Waals surface area contributed by atoms with Crippen LogP contribution in [0.3, 0.4) is 0 Å². The van der Waals surface area contributed by atoms with Crippen molar-refractivity contribution >= 4 is 17.3 Å². The fraction of sp³-hybridized carbons (Fsp3) is 0.182. The molecule has 3 aliphatic rings. The number of benzene rings is 2. The molecule has 0 spiro atoms. The van der Waals surface area contributed by atoms with Gasteiger partial charge in [0.15, 0.2) is 11.5 Å². The molecule has 2 aromatic carbocycles. The highest BCUT2D eigenvalue weighted by Gasteiger charge is 2.41. The molecule has 0 N–H and O–H groups in total. The molecule has 7 heteroatoms. The number of aromatic nitrogens is 1. The number of fused-ring (bicyclic) bond motifs is 4. The maximum Gasteiger partial charge on any atom is 0.231 e. The number of hydrogen-bond donors (Lipinski definition) is 0. The largest absolute Gasteiger partial charge is 0.464 e. The Morgan fingerprint density at radius 1 is 0.931 bits per heavy atom. The quantitative estimate of drug-likeness (QED) is 0.618. The van der Waals surface area contributed by atoms with Crippen molar-refractivity contribution in [2.24, 2.45) is 5.10 Å². The summed E-state index contributed by atoms with van der Waals surface area (Å²) >= 11 is 6.29. The predicted octanol–water partition coefficient (Wildman–Crippen LogP) is 4.71. The molecule has 0 radical (unpaired) electrons. The topological polar surface area (TPSA) is 56.2 Å². The standard InChI is InChI=1S/C22H16ClN3O3/c23-15-2-4-19-16(10-15)18-11-17(14-1-3-20-21(9-14)28-12-27-20)25-26(18)22(29-19)13-5-7-24-8-6-13/h1-10,18,22H,11-12H2/t18-,22-/m1/s1. The van der Waals surface area contributed by atoms with Crippen LogP contribution in [0.2, 0.25) is 5.02 Å². The van der Waals surface area contributed by atoms with E-state index in [2.05, 4.69) is 4.98 Å². The van der Waals surface area contributed by atoms with E-state index < -0.39 is 0 Å². The summed E-state index contributed by atoms with van der Waals surface area (Å²) in [5, 5.41) is 7.67. The molecule has 29 heavy (non-hydrogen) atoms. The lowest BCUT2D eigenvalue weighted by Gasteiger charge is -2.38. The second kappa shape index (κ2) is 6.39. The van der Waals surface area contributed by atoms with Crippen LogP contribution in [-0.4, -0.2) is 22.5 Å². The van der Waals surface area contributed by atoms with Gasteiger partial charge in [-0.2, -0.15) is 5.10 Å². The van der Waals surface area contributed by atoms with Crippen LogP contribution in [0.15, 0.2) is 66.0 Å². The first-order chi connectivity index (χ1) is 14.3. The fourth-order valence-corrected chi connectivity index (χ4v) is 4.24. The molecule has 0 aliphatic carbocycles. The third kappa shape index (κ3) is 2.71. The summed E-state index contributed by atoms with van der Waals surface area (Å²) in [5.74, 6) is 2.35. The molecule has 4 heterocycles. The summed E-state index contributed by atoms with van der Waals surface area (Å²) < 4.78 is 17.3. The van der Waals surface area contributed by atoms with Crippen molar-refractivity contribution in [2.75, 3.05) is 6.79 Å². The third-order valence-electron chi connectivity index (χ3n) is 5.45. The number of rotatable bonds is 2. The van der Waals surface area contributed by atoms with Gasteiger partial charge in [0.25, 0.3) is 0 Å². The lowest BCUT2D eigenvalue weighted by atomic mass is 9.96. The number of pyridine rings is 1. The Hall–Kier alpha value is -3.25. The van der Waals surface area contributed by atoms with Crippen LogP contribution in [0.25, 0.3) is 0 Å². The van der Waals surface area contributed by atoms with Gasteiger partial charge in [0, 0.05) is 40.5 Å². The fourth-order valence-electron chi connectivity index (χ4n) is 4.06. The van der Waals surface area contributed by atoms with Gasteiger partial charge in [-0.05, 0) is 48.5 Å². The van der Waals surface area contributed by atoms with Crippen molar-refractivity contribution in [3.8, 4) is 17.2 Å². The van der Waals surface area contributed by atoms with E-state index >= 15 is 0 Å². The molecule has 1 aromatic heterocycles. The zero-order chi connectivity index (χ0) is 19.4. The molecular formula is C22H16ClN3O3. The average Bonchev–Trinajstić information content (AvgIpc) is 3.40. The molecule has 0 amide bonds. The minimum absolute atomic E-state index is 0.0380. The second-order valence-electron chi connectivity index (χ2n) is 7.15. The Labute approximate surface area is 172 Å². The molecule has 0 saturated heterocycles. The first-order valence-corrected chi connectivity index (χ1v) is 9.76. The van der Waals surface area contributed by atoms with E-state index in [0.29, 0.717) is 5.02 Å². The van der Waals surface area contributed by atoms with Crippen LogP contribution in [0.4, 0.5) is 0 Å². The maximum absolute atomic E-state index is 6.33. The second-order valence-corrected chi connectivity index (χ2v) is 7.58. The summed E-state index contributed by atoms with van der Waals surface area (Å²) in [5.41, 5.74) is 4.04. The van der Waals surface area contributed by atoms with E-state index in [1.54, 1.807) is 12.4 Å². The van der Waals surface area contributed by atoms with Gasteiger partial charge in [0.1, 0.15) is 5.75 Å². The van der Waals surface area contributed by atoms with Gasteiger partial charge in [-0.1, -0.05) is 11.6 Å². The van der Waals surface area contributed by atoms with E-state index in [4.69, 9.17) is 30.9 Å². The van der Waals surface area contributed by atoms with Crippen molar-refractivity contribution in [1.29, 1.82) is 0 Å². The van der Waals surface area contributed by atoms with E-state index in [0.717, 1.165) is 46.1 Å². The van der Waals surface area contributed by atoms with Crippen molar-refractivity contribution in [3.63, 3.8) is 0 Å². The Morgan fingerprint density at radius 3 is 2.66 bits per heavy atom. The molecule has 0 bridgehead atoms. The summed E-state index contributed by atoms with van der Waals surface area (Å²) in [6.45, 7) is 0.254. The predicted molar refractivity (Wildman–Crippen MR) is 107 cm³/mol. The molecule has 144 valence electrons. The number of hydrazone groups is 1. The van der Waals surface area contributed by atoms with Gasteiger partial charge in [-0.25, -0.2) is 5.01 Å². The van der Waals surface area contributed by atoms with Gasteiger partial charge in [-0.15, -0.1) is 0 Å². The molecular weight excluding hydrogens is 390 g/mol. The van der Waals surface area contributed by atoms with Crippen LogP contribution < -0.4 is 14.2 Å². The Bertz CT molecular complexity index is 1140. The van der Waals surface area contributed by atoms with Gasteiger partial charge in [0.2, 0.25) is 13.0 Å². The zero-order valence-corrected chi connectivity index (χ0v) is 16.0. The summed E-state index contributed by atoms with van der Waals surface area (Å²) in [6, 6.07) is 15.6. The van der Waals surface area contributed by atoms with Crippen molar-refractivity contribution in [2.45, 2.75) is 18.7 Å². The van der Waals surface area contributed by atoms with E-state index in [1.807, 2.05) is 53.5 Å². The van der Waals surface area contributed by atoms with Crippen LogP contribution in [0, 0.1) is 0 Å². The summed E-state index contributed by atoms with van der Waals surface area (Å²) in [7, 11) is 0. The molecule has 0 saturated carbocycles. The summed E-state index contributed by atoms with van der Waals surface area (Å²) in [6.07, 6.45) is 3.95. The monoisotopic (exact) mass is 405 g/mol. The van der Waals surface area contributed by atoms with Crippen LogP contribution in [0.5, 0.6) is 17.2 Å². The smallest absolute Gasteiger partial charge is 0.231 e. The van der Waals surface area contributed by atoms with Crippen LogP contribution in [-0.2, 0) is 0 Å². The molecule has 6 rings (SSSR count). The number of nitrogens with zero attached hydrogens (tertiary/aromatic N) is 3. The van der Waals surface area contributed by atoms with Gasteiger partial charge >= 0.3 is 0 Å². The lowest BCUT2D eigenvalue weighted by Crippen LogP contribution is -2.33.